The van der Waals surface area contributed by atoms with Gasteiger partial charge in [0.15, 0.2) is 0 Å². The van der Waals surface area contributed by atoms with Gasteiger partial charge in [-0.3, -0.25) is 0 Å². The monoisotopic (exact) mass is 567 g/mol. The Morgan fingerprint density at radius 3 is 1.50 bits per heavy atom. The number of hydrogen-bond donors (Lipinski definition) is 0. The van der Waals surface area contributed by atoms with Crippen LogP contribution in [0.15, 0.2) is 59.5 Å². The minimum absolute atomic E-state index is 0.617. The topological polar surface area (TPSA) is 66.4 Å². The van der Waals surface area contributed by atoms with E-state index >= 15 is 0 Å². The normalized spacial score (nSPS) is 9.61. The van der Waals surface area contributed by atoms with Crippen molar-refractivity contribution in [1.29, 1.82) is 0 Å². The molecule has 0 aliphatic carbocycles. The van der Waals surface area contributed by atoms with E-state index in [4.69, 9.17) is 20.6 Å². The zero-order valence-electron chi connectivity index (χ0n) is 21.8. The van der Waals surface area contributed by atoms with E-state index in [-0.39, 0.29) is 0 Å². The highest BCUT2D eigenvalue weighted by atomic mass is 79.9. The average molecular weight is 569 g/mol. The zero-order chi connectivity index (χ0) is 26.8. The van der Waals surface area contributed by atoms with E-state index in [1.165, 1.54) is 0 Å². The van der Waals surface area contributed by atoms with E-state index in [0.29, 0.717) is 37.5 Å². The lowest BCUT2D eigenvalue weighted by molar-refractivity contribution is 0.326. The highest BCUT2D eigenvalue weighted by Gasteiger charge is 2.07. The lowest BCUT2D eigenvalue weighted by Gasteiger charge is -2.03. The Labute approximate surface area is 225 Å². The van der Waals surface area contributed by atoms with Crippen molar-refractivity contribution >= 4 is 24.0 Å². The molecule has 0 unspecified atom stereocenters. The summed E-state index contributed by atoms with van der Waals surface area (Å²) in [5.74, 6) is 7.58. The van der Waals surface area contributed by atoms with E-state index < -0.39 is 8.07 Å². The van der Waals surface area contributed by atoms with Gasteiger partial charge in [0.2, 0.25) is 17.6 Å². The van der Waals surface area contributed by atoms with Gasteiger partial charge in [-0.2, -0.15) is 0 Å². The number of terminal acetylenes is 1. The fourth-order valence-electron chi connectivity index (χ4n) is 2.24. The number of nitrogens with zero attached hydrogens (tertiary/aromatic N) is 3. The molecule has 0 amide bonds. The summed E-state index contributed by atoms with van der Waals surface area (Å²) in [6.07, 6.45) is 10.2. The van der Waals surface area contributed by atoms with Crippen LogP contribution in [-0.4, -0.2) is 42.8 Å². The van der Waals surface area contributed by atoms with Crippen LogP contribution in [0, 0.1) is 23.8 Å². The number of aromatic nitrogens is 3. The van der Waals surface area contributed by atoms with Crippen LogP contribution in [0.5, 0.6) is 17.6 Å². The molecule has 0 aliphatic heterocycles. The van der Waals surface area contributed by atoms with Crippen LogP contribution in [0.2, 0.25) is 19.6 Å². The molecule has 0 aliphatic rings. The van der Waals surface area contributed by atoms with Crippen LogP contribution in [0.3, 0.4) is 0 Å². The van der Waals surface area contributed by atoms with Gasteiger partial charge in [0, 0.05) is 52.4 Å². The number of rotatable bonds is 6. The molecule has 0 spiro atoms. The first-order chi connectivity index (χ1) is 17.2. The van der Waals surface area contributed by atoms with Crippen molar-refractivity contribution in [3.05, 3.63) is 70.6 Å². The number of halogens is 1. The molecule has 8 heteroatoms. The highest BCUT2D eigenvalue weighted by Crippen LogP contribution is 2.11. The van der Waals surface area contributed by atoms with Crippen LogP contribution in [-0.2, 0) is 0 Å². The molecule has 3 aromatic rings. The summed E-state index contributed by atoms with van der Waals surface area (Å²) in [5.41, 5.74) is 5.03. The molecule has 3 aromatic heterocycles. The Morgan fingerprint density at radius 2 is 1.17 bits per heavy atom. The third-order valence-electron chi connectivity index (χ3n) is 3.80. The van der Waals surface area contributed by atoms with Crippen molar-refractivity contribution < 1.29 is 14.2 Å². The maximum Gasteiger partial charge on any atom is 0.213 e. The Kier molecular flexibility index (Phi) is 14.6. The Hall–Kier alpha value is -3.33. The minimum Gasteiger partial charge on any atom is -0.478 e. The van der Waals surface area contributed by atoms with Crippen LogP contribution < -0.4 is 14.2 Å². The summed E-state index contributed by atoms with van der Waals surface area (Å²) >= 11 is 3.28. The van der Waals surface area contributed by atoms with E-state index in [1.807, 2.05) is 45.0 Å². The van der Waals surface area contributed by atoms with Crippen LogP contribution >= 0.6 is 15.9 Å². The van der Waals surface area contributed by atoms with Gasteiger partial charge in [0.1, 0.15) is 8.07 Å². The van der Waals surface area contributed by atoms with Gasteiger partial charge in [0.25, 0.3) is 0 Å². The molecular formula is C28H34BrN3O3Si. The van der Waals surface area contributed by atoms with E-state index in [0.717, 1.165) is 15.6 Å². The third kappa shape index (κ3) is 14.2. The van der Waals surface area contributed by atoms with Crippen molar-refractivity contribution in [2.75, 3.05) is 19.8 Å². The summed E-state index contributed by atoms with van der Waals surface area (Å²) in [4.78, 5) is 12.1. The van der Waals surface area contributed by atoms with Crippen LogP contribution in [0.4, 0.5) is 0 Å². The van der Waals surface area contributed by atoms with Crippen molar-refractivity contribution in [1.82, 2.24) is 15.0 Å². The first-order valence-electron chi connectivity index (χ1n) is 11.6. The van der Waals surface area contributed by atoms with Gasteiger partial charge >= 0.3 is 0 Å². The molecule has 3 rings (SSSR count). The summed E-state index contributed by atoms with van der Waals surface area (Å²) < 4.78 is 16.5. The largest absolute Gasteiger partial charge is 0.478 e. The fourth-order valence-corrected chi connectivity index (χ4v) is 3.00. The molecule has 0 atom stereocenters. The fraction of sp³-hybridized carbons (Fsp3) is 0.321. The molecule has 0 saturated carbocycles. The highest BCUT2D eigenvalue weighted by molar-refractivity contribution is 9.10. The summed E-state index contributed by atoms with van der Waals surface area (Å²) in [7, 11) is -1.29. The van der Waals surface area contributed by atoms with Crippen molar-refractivity contribution in [3.8, 4) is 41.4 Å². The molecule has 0 N–H and O–H groups in total. The molecule has 36 heavy (non-hydrogen) atoms. The average Bonchev–Trinajstić information content (AvgIpc) is 2.86. The Bertz CT molecular complexity index is 1110. The first kappa shape index (κ1) is 30.7. The first-order valence-corrected chi connectivity index (χ1v) is 15.9. The molecule has 190 valence electrons. The molecule has 0 bridgehead atoms. The zero-order valence-corrected chi connectivity index (χ0v) is 24.4. The number of ether oxygens (including phenoxy) is 3. The second-order valence-corrected chi connectivity index (χ2v) is 13.7. The molecule has 0 aromatic carbocycles. The van der Waals surface area contributed by atoms with Crippen molar-refractivity contribution in [3.63, 3.8) is 0 Å². The number of hydrogen-bond acceptors (Lipinski definition) is 6. The summed E-state index contributed by atoms with van der Waals surface area (Å²) in [6.45, 7) is 14.4. The molecule has 0 radical (unpaired) electrons. The summed E-state index contributed by atoms with van der Waals surface area (Å²) in [5, 5.41) is 0. The molecule has 3 heterocycles. The van der Waals surface area contributed by atoms with Gasteiger partial charge in [-0.25, -0.2) is 15.0 Å². The van der Waals surface area contributed by atoms with Crippen LogP contribution in [0.25, 0.3) is 0 Å². The minimum atomic E-state index is -1.29. The third-order valence-corrected chi connectivity index (χ3v) is 5.14. The second-order valence-electron chi connectivity index (χ2n) is 8.03. The van der Waals surface area contributed by atoms with Crippen molar-refractivity contribution in [2.45, 2.75) is 40.4 Å². The van der Waals surface area contributed by atoms with E-state index in [2.05, 4.69) is 67.9 Å². The SMILES string of the molecule is C#Cc1ccc(OCC)nc1.CCOc1ccc(Br)cn1.CCOc1ccc(C#C[Si](C)(C)C)cn1. The van der Waals surface area contributed by atoms with Gasteiger partial charge in [0.05, 0.1) is 19.8 Å². The molecular weight excluding hydrogens is 534 g/mol. The van der Waals surface area contributed by atoms with Crippen molar-refractivity contribution in [2.24, 2.45) is 0 Å². The standard InChI is InChI=1S/C12H17NOSi.C9H9NO.C7H8BrNO/c1-5-14-12-7-6-11(10-13-12)8-9-15(2,3)4;1-3-8-5-6-9(10-7-8)11-4-2;1-2-10-7-4-3-6(8)5-9-7/h6-7,10H,5H2,1-4H3;1,5-7H,4H2,2H3;3-5H,2H2,1H3. The van der Waals surface area contributed by atoms with Gasteiger partial charge in [-0.05, 0) is 54.9 Å². The second kappa shape index (κ2) is 17.2. The van der Waals surface area contributed by atoms with E-state index in [1.54, 1.807) is 30.7 Å². The predicted molar refractivity (Wildman–Crippen MR) is 152 cm³/mol. The number of pyridine rings is 3. The maximum absolute atomic E-state index is 5.26. The van der Waals surface area contributed by atoms with Crippen LogP contribution in [0.1, 0.15) is 31.9 Å². The molecule has 0 fully saturated rings. The smallest absolute Gasteiger partial charge is 0.213 e. The van der Waals surface area contributed by atoms with Gasteiger partial charge in [-0.1, -0.05) is 31.5 Å². The van der Waals surface area contributed by atoms with Gasteiger partial charge in [-0.15, -0.1) is 12.0 Å². The van der Waals surface area contributed by atoms with Gasteiger partial charge < -0.3 is 14.2 Å². The lowest BCUT2D eigenvalue weighted by atomic mass is 10.3. The quantitative estimate of drug-likeness (QED) is 0.253. The van der Waals surface area contributed by atoms with E-state index in [9.17, 15) is 0 Å². The predicted octanol–water partition coefficient (Wildman–Crippen LogP) is 6.41. The molecule has 0 saturated heterocycles. The molecule has 6 nitrogen and oxygen atoms in total. The Balaban J connectivity index is 0.000000277. The summed E-state index contributed by atoms with van der Waals surface area (Å²) in [6, 6.07) is 11.1. The Morgan fingerprint density at radius 1 is 0.722 bits per heavy atom. The lowest BCUT2D eigenvalue weighted by Crippen LogP contribution is -2.16. The maximum atomic E-state index is 5.26.